The van der Waals surface area contributed by atoms with E-state index in [-0.39, 0.29) is 0 Å². The Kier molecular flexibility index (Phi) is 3.69. The van der Waals surface area contributed by atoms with Crippen molar-refractivity contribution in [3.8, 4) is 0 Å². The van der Waals surface area contributed by atoms with Crippen molar-refractivity contribution < 1.29 is 0 Å². The van der Waals surface area contributed by atoms with Crippen molar-refractivity contribution in [3.05, 3.63) is 51.5 Å². The third-order valence-corrected chi connectivity index (χ3v) is 5.38. The van der Waals surface area contributed by atoms with Crippen molar-refractivity contribution in [1.29, 1.82) is 0 Å². The van der Waals surface area contributed by atoms with Crippen LogP contribution in [-0.4, -0.2) is 4.98 Å². The van der Waals surface area contributed by atoms with Crippen LogP contribution in [0.3, 0.4) is 0 Å². The second kappa shape index (κ2) is 5.46. The Balaban J connectivity index is 1.79. The first kappa shape index (κ1) is 12.9. The van der Waals surface area contributed by atoms with E-state index >= 15 is 0 Å². The first-order valence-electron chi connectivity index (χ1n) is 7.30. The molecule has 1 aromatic carbocycles. The van der Waals surface area contributed by atoms with Crippen LogP contribution >= 0.6 is 11.3 Å². The predicted molar refractivity (Wildman–Crippen MR) is 82.0 cm³/mol. The Labute approximate surface area is 119 Å². The first-order chi connectivity index (χ1) is 9.28. The van der Waals surface area contributed by atoms with Crippen LogP contribution in [0.2, 0.25) is 0 Å². The SMILES string of the molecule is CCC(C)c1csc(C2CCc3ccccc3C2)n1. The summed E-state index contributed by atoms with van der Waals surface area (Å²) in [5.41, 5.74) is 4.36. The number of hydrogen-bond donors (Lipinski definition) is 0. The van der Waals surface area contributed by atoms with Gasteiger partial charge in [-0.15, -0.1) is 11.3 Å². The quantitative estimate of drug-likeness (QED) is 0.771. The zero-order valence-corrected chi connectivity index (χ0v) is 12.5. The molecule has 0 N–H and O–H groups in total. The maximum absolute atomic E-state index is 4.90. The van der Waals surface area contributed by atoms with Crippen molar-refractivity contribution in [2.24, 2.45) is 0 Å². The number of rotatable bonds is 3. The summed E-state index contributed by atoms with van der Waals surface area (Å²) in [4.78, 5) is 4.90. The highest BCUT2D eigenvalue weighted by Crippen LogP contribution is 2.35. The molecule has 0 fully saturated rings. The Morgan fingerprint density at radius 2 is 2.11 bits per heavy atom. The lowest BCUT2D eigenvalue weighted by molar-refractivity contribution is 0.577. The Morgan fingerprint density at radius 1 is 1.32 bits per heavy atom. The minimum atomic E-state index is 0.598. The number of thiazole rings is 1. The molecular formula is C17H21NS. The lowest BCUT2D eigenvalue weighted by Gasteiger charge is -2.22. The number of hydrogen-bond acceptors (Lipinski definition) is 2. The second-order valence-electron chi connectivity index (χ2n) is 5.63. The molecule has 2 unspecified atom stereocenters. The smallest absolute Gasteiger partial charge is 0.0962 e. The summed E-state index contributed by atoms with van der Waals surface area (Å²) < 4.78 is 0. The molecule has 100 valence electrons. The normalized spacial score (nSPS) is 20.0. The van der Waals surface area contributed by atoms with Gasteiger partial charge in [-0.3, -0.25) is 0 Å². The number of nitrogens with zero attached hydrogens (tertiary/aromatic N) is 1. The highest BCUT2D eigenvalue weighted by atomic mass is 32.1. The molecule has 1 nitrogen and oxygen atoms in total. The molecule has 0 spiro atoms. The van der Waals surface area contributed by atoms with Gasteiger partial charge in [0.1, 0.15) is 0 Å². The van der Waals surface area contributed by atoms with Gasteiger partial charge in [-0.25, -0.2) is 4.98 Å². The average Bonchev–Trinajstić information content (AvgIpc) is 2.95. The molecule has 2 aromatic rings. The molecule has 0 aliphatic heterocycles. The number of aryl methyl sites for hydroxylation is 1. The first-order valence-corrected chi connectivity index (χ1v) is 8.18. The van der Waals surface area contributed by atoms with Crippen LogP contribution < -0.4 is 0 Å². The van der Waals surface area contributed by atoms with Crippen LogP contribution in [0.15, 0.2) is 29.6 Å². The van der Waals surface area contributed by atoms with E-state index < -0.39 is 0 Å². The average molecular weight is 271 g/mol. The van der Waals surface area contributed by atoms with E-state index in [2.05, 4.69) is 43.5 Å². The van der Waals surface area contributed by atoms with Crippen molar-refractivity contribution in [3.63, 3.8) is 0 Å². The molecule has 1 aliphatic carbocycles. The van der Waals surface area contributed by atoms with Gasteiger partial charge < -0.3 is 0 Å². The zero-order chi connectivity index (χ0) is 13.2. The van der Waals surface area contributed by atoms with Gasteiger partial charge in [-0.1, -0.05) is 38.1 Å². The standard InChI is InChI=1S/C17H21NS/c1-3-12(2)16-11-19-17(18-16)15-9-8-13-6-4-5-7-14(13)10-15/h4-7,11-12,15H,3,8-10H2,1-2H3. The van der Waals surface area contributed by atoms with Crippen molar-refractivity contribution in [2.45, 2.75) is 51.4 Å². The number of benzene rings is 1. The van der Waals surface area contributed by atoms with Crippen LogP contribution in [0.4, 0.5) is 0 Å². The van der Waals surface area contributed by atoms with E-state index in [1.165, 1.54) is 47.5 Å². The summed E-state index contributed by atoms with van der Waals surface area (Å²) in [6, 6.07) is 8.87. The third kappa shape index (κ3) is 2.59. The molecule has 0 amide bonds. The summed E-state index contributed by atoms with van der Waals surface area (Å²) >= 11 is 1.86. The molecule has 1 aliphatic rings. The van der Waals surface area contributed by atoms with Gasteiger partial charge in [-0.05, 0) is 42.7 Å². The Hall–Kier alpha value is -1.15. The van der Waals surface area contributed by atoms with Crippen molar-refractivity contribution in [2.75, 3.05) is 0 Å². The van der Waals surface area contributed by atoms with E-state index in [4.69, 9.17) is 4.98 Å². The van der Waals surface area contributed by atoms with Gasteiger partial charge in [0.05, 0.1) is 10.7 Å². The van der Waals surface area contributed by atoms with Crippen molar-refractivity contribution in [1.82, 2.24) is 4.98 Å². The fourth-order valence-corrected chi connectivity index (χ4v) is 3.91. The summed E-state index contributed by atoms with van der Waals surface area (Å²) in [5.74, 6) is 1.23. The van der Waals surface area contributed by atoms with Crippen LogP contribution in [0.5, 0.6) is 0 Å². The Morgan fingerprint density at radius 3 is 2.89 bits per heavy atom. The highest BCUT2D eigenvalue weighted by Gasteiger charge is 2.22. The van der Waals surface area contributed by atoms with Crippen LogP contribution in [0.25, 0.3) is 0 Å². The fourth-order valence-electron chi connectivity index (χ4n) is 2.83. The summed E-state index contributed by atoms with van der Waals surface area (Å²) in [6.07, 6.45) is 4.81. The maximum Gasteiger partial charge on any atom is 0.0962 e. The predicted octanol–water partition coefficient (Wildman–Crippen LogP) is 4.93. The molecule has 0 saturated heterocycles. The number of fused-ring (bicyclic) bond motifs is 1. The minimum Gasteiger partial charge on any atom is -0.246 e. The molecule has 2 heteroatoms. The molecule has 3 rings (SSSR count). The number of aromatic nitrogens is 1. The maximum atomic E-state index is 4.90. The summed E-state index contributed by atoms with van der Waals surface area (Å²) in [6.45, 7) is 4.51. The molecule has 0 radical (unpaired) electrons. The van der Waals surface area contributed by atoms with E-state index in [0.29, 0.717) is 11.8 Å². The van der Waals surface area contributed by atoms with E-state index in [9.17, 15) is 0 Å². The fraction of sp³-hybridized carbons (Fsp3) is 0.471. The van der Waals surface area contributed by atoms with E-state index in [1.54, 1.807) is 0 Å². The monoisotopic (exact) mass is 271 g/mol. The minimum absolute atomic E-state index is 0.598. The van der Waals surface area contributed by atoms with E-state index in [0.717, 1.165) is 0 Å². The van der Waals surface area contributed by atoms with E-state index in [1.807, 2.05) is 11.3 Å². The molecule has 19 heavy (non-hydrogen) atoms. The van der Waals surface area contributed by atoms with Gasteiger partial charge in [-0.2, -0.15) is 0 Å². The van der Waals surface area contributed by atoms with Gasteiger partial charge in [0.15, 0.2) is 0 Å². The molecular weight excluding hydrogens is 250 g/mol. The topological polar surface area (TPSA) is 12.9 Å². The molecule has 0 saturated carbocycles. The second-order valence-corrected chi connectivity index (χ2v) is 6.52. The summed E-state index contributed by atoms with van der Waals surface area (Å²) in [5, 5.41) is 3.62. The third-order valence-electron chi connectivity index (χ3n) is 4.35. The molecule has 1 heterocycles. The van der Waals surface area contributed by atoms with Gasteiger partial charge in [0, 0.05) is 11.3 Å². The Bertz CT molecular complexity index is 558. The van der Waals surface area contributed by atoms with Crippen LogP contribution in [0.1, 0.15) is 60.4 Å². The van der Waals surface area contributed by atoms with Crippen LogP contribution in [-0.2, 0) is 12.8 Å². The van der Waals surface area contributed by atoms with Gasteiger partial charge in [0.2, 0.25) is 0 Å². The van der Waals surface area contributed by atoms with Gasteiger partial charge >= 0.3 is 0 Å². The largest absolute Gasteiger partial charge is 0.246 e. The molecule has 2 atom stereocenters. The highest BCUT2D eigenvalue weighted by molar-refractivity contribution is 7.09. The van der Waals surface area contributed by atoms with Crippen LogP contribution in [0, 0.1) is 0 Å². The summed E-state index contributed by atoms with van der Waals surface area (Å²) in [7, 11) is 0. The lowest BCUT2D eigenvalue weighted by Crippen LogP contribution is -2.12. The van der Waals surface area contributed by atoms with Crippen molar-refractivity contribution >= 4 is 11.3 Å². The lowest BCUT2D eigenvalue weighted by atomic mass is 9.84. The molecule has 0 bridgehead atoms. The molecule has 1 aromatic heterocycles. The zero-order valence-electron chi connectivity index (χ0n) is 11.7. The van der Waals surface area contributed by atoms with Gasteiger partial charge in [0.25, 0.3) is 0 Å².